The summed E-state index contributed by atoms with van der Waals surface area (Å²) in [6.45, 7) is 2.09. The minimum Gasteiger partial charge on any atom is -0.481 e. The average molecular weight is 384 g/mol. The van der Waals surface area contributed by atoms with Crippen LogP contribution >= 0.6 is 34.5 Å². The Labute approximate surface area is 156 Å². The largest absolute Gasteiger partial charge is 0.481 e. The van der Waals surface area contributed by atoms with Crippen LogP contribution in [-0.4, -0.2) is 23.9 Å². The molecular weight excluding hydrogens is 365 g/mol. The van der Waals surface area contributed by atoms with Gasteiger partial charge in [0.25, 0.3) is 0 Å². The molecule has 0 spiro atoms. The highest BCUT2D eigenvalue weighted by Crippen LogP contribution is 2.24. The van der Waals surface area contributed by atoms with Crippen molar-refractivity contribution in [2.45, 2.75) is 25.3 Å². The Morgan fingerprint density at radius 3 is 2.62 bits per heavy atom. The average Bonchev–Trinajstić information content (AvgIpc) is 2.97. The maximum Gasteiger partial charge on any atom is 0.149 e. The van der Waals surface area contributed by atoms with Gasteiger partial charge in [-0.2, -0.15) is 0 Å². The highest BCUT2D eigenvalue weighted by atomic mass is 35.5. The van der Waals surface area contributed by atoms with Gasteiger partial charge < -0.3 is 15.6 Å². The van der Waals surface area contributed by atoms with Crippen LogP contribution in [0, 0.1) is 11.8 Å². The Hall–Kier alpha value is -1.22. The summed E-state index contributed by atoms with van der Waals surface area (Å²) in [7, 11) is 0. The molecule has 1 aromatic heterocycles. The molecular formula is C18H19Cl2NO2S. The van der Waals surface area contributed by atoms with Crippen LogP contribution in [0.15, 0.2) is 30.3 Å². The molecule has 1 unspecified atom stereocenters. The lowest BCUT2D eigenvalue weighted by atomic mass is 9.98. The summed E-state index contributed by atoms with van der Waals surface area (Å²) in [5, 5.41) is 10.2. The predicted molar refractivity (Wildman–Crippen MR) is 101 cm³/mol. The Morgan fingerprint density at radius 2 is 1.96 bits per heavy atom. The summed E-state index contributed by atoms with van der Waals surface area (Å²) >= 11 is 13.4. The van der Waals surface area contributed by atoms with Gasteiger partial charge >= 0.3 is 0 Å². The van der Waals surface area contributed by atoms with Crippen molar-refractivity contribution < 1.29 is 9.84 Å². The van der Waals surface area contributed by atoms with E-state index in [1.807, 2.05) is 19.1 Å². The minimum atomic E-state index is -0.540. The maximum absolute atomic E-state index is 9.17. The molecule has 3 N–H and O–H groups in total. The number of aliphatic hydroxyl groups is 1. The number of ether oxygens (including phenoxy) is 1. The van der Waals surface area contributed by atoms with E-state index >= 15 is 0 Å². The van der Waals surface area contributed by atoms with Gasteiger partial charge in [0.05, 0.1) is 11.5 Å². The second kappa shape index (κ2) is 8.75. The first-order valence-electron chi connectivity index (χ1n) is 7.44. The van der Waals surface area contributed by atoms with Gasteiger partial charge in [-0.3, -0.25) is 0 Å². The predicted octanol–water partition coefficient (Wildman–Crippen LogP) is 4.13. The number of hydrogen-bond acceptors (Lipinski definition) is 4. The molecule has 0 bridgehead atoms. The summed E-state index contributed by atoms with van der Waals surface area (Å²) in [6.07, 6.45) is 1.56. The topological polar surface area (TPSA) is 55.5 Å². The third kappa shape index (κ3) is 6.35. The van der Waals surface area contributed by atoms with Crippen molar-refractivity contribution in [2.24, 2.45) is 5.73 Å². The molecule has 1 heterocycles. The van der Waals surface area contributed by atoms with Crippen molar-refractivity contribution in [3.63, 3.8) is 0 Å². The molecule has 128 valence electrons. The maximum atomic E-state index is 9.17. The van der Waals surface area contributed by atoms with Crippen molar-refractivity contribution in [1.29, 1.82) is 0 Å². The SMILES string of the molecule is CC(N)(CO)CCc1ccc(C#CCOc2cc(Cl)cc(Cl)c2)s1. The Kier molecular flexibility index (Phi) is 6.97. The van der Waals surface area contributed by atoms with E-state index in [9.17, 15) is 5.11 Å². The quantitative estimate of drug-likeness (QED) is 0.737. The molecule has 1 aromatic carbocycles. The van der Waals surface area contributed by atoms with E-state index < -0.39 is 5.54 Å². The van der Waals surface area contributed by atoms with Gasteiger partial charge in [0, 0.05) is 20.5 Å². The van der Waals surface area contributed by atoms with Crippen molar-refractivity contribution in [3.05, 3.63) is 50.1 Å². The first kappa shape index (κ1) is 19.1. The standard InChI is InChI=1S/C18H19Cl2NO2S/c1-18(21,12-22)7-6-17-5-4-16(24-17)3-2-8-23-15-10-13(19)9-14(20)11-15/h4-5,9-11,22H,6-8,12,21H2,1H3. The van der Waals surface area contributed by atoms with Crippen LogP contribution in [0.2, 0.25) is 10.0 Å². The van der Waals surface area contributed by atoms with Crippen molar-refractivity contribution >= 4 is 34.5 Å². The molecule has 1 atom stereocenters. The summed E-state index contributed by atoms with van der Waals surface area (Å²) in [5.41, 5.74) is 5.40. The minimum absolute atomic E-state index is 0.0180. The molecule has 0 amide bonds. The molecule has 0 radical (unpaired) electrons. The fraction of sp³-hybridized carbons (Fsp3) is 0.333. The molecule has 0 saturated carbocycles. The van der Waals surface area contributed by atoms with E-state index in [0.29, 0.717) is 15.8 Å². The zero-order valence-corrected chi connectivity index (χ0v) is 15.6. The molecule has 0 saturated heterocycles. The lowest BCUT2D eigenvalue weighted by molar-refractivity contribution is 0.201. The zero-order valence-electron chi connectivity index (χ0n) is 13.3. The molecule has 6 heteroatoms. The molecule has 2 aromatic rings. The lowest BCUT2D eigenvalue weighted by Gasteiger charge is -2.20. The van der Waals surface area contributed by atoms with Gasteiger partial charge in [0.1, 0.15) is 12.4 Å². The third-order valence-electron chi connectivity index (χ3n) is 3.32. The first-order valence-corrected chi connectivity index (χ1v) is 9.01. The number of hydrogen-bond donors (Lipinski definition) is 2. The lowest BCUT2D eigenvalue weighted by Crippen LogP contribution is -2.40. The van der Waals surface area contributed by atoms with E-state index in [-0.39, 0.29) is 13.2 Å². The normalized spacial score (nSPS) is 13.0. The highest BCUT2D eigenvalue weighted by molar-refractivity contribution is 7.12. The van der Waals surface area contributed by atoms with Crippen LogP contribution in [-0.2, 0) is 6.42 Å². The third-order valence-corrected chi connectivity index (χ3v) is 4.82. The molecule has 24 heavy (non-hydrogen) atoms. The molecule has 2 rings (SSSR count). The number of benzene rings is 1. The van der Waals surface area contributed by atoms with E-state index in [2.05, 4.69) is 11.8 Å². The van der Waals surface area contributed by atoms with Gasteiger partial charge in [0.15, 0.2) is 0 Å². The van der Waals surface area contributed by atoms with E-state index in [1.165, 1.54) is 4.88 Å². The summed E-state index contributed by atoms with van der Waals surface area (Å²) < 4.78 is 5.52. The molecule has 3 nitrogen and oxygen atoms in total. The van der Waals surface area contributed by atoms with Crippen LogP contribution in [0.5, 0.6) is 5.75 Å². The highest BCUT2D eigenvalue weighted by Gasteiger charge is 2.16. The Bertz CT molecular complexity index is 727. The number of nitrogens with two attached hydrogens (primary N) is 1. The smallest absolute Gasteiger partial charge is 0.149 e. The van der Waals surface area contributed by atoms with Crippen molar-refractivity contribution in [2.75, 3.05) is 13.2 Å². The summed E-state index contributed by atoms with van der Waals surface area (Å²) in [4.78, 5) is 2.17. The van der Waals surface area contributed by atoms with Gasteiger partial charge in [-0.15, -0.1) is 11.3 Å². The van der Waals surface area contributed by atoms with E-state index in [1.54, 1.807) is 29.5 Å². The molecule has 0 aliphatic heterocycles. The van der Waals surface area contributed by atoms with Crippen LogP contribution in [0.25, 0.3) is 0 Å². The van der Waals surface area contributed by atoms with Crippen molar-refractivity contribution in [3.8, 4) is 17.6 Å². The fourth-order valence-corrected chi connectivity index (χ4v) is 3.31. The number of aryl methyl sites for hydroxylation is 1. The van der Waals surface area contributed by atoms with Crippen LogP contribution in [0.4, 0.5) is 0 Å². The molecule has 0 aliphatic rings. The van der Waals surface area contributed by atoms with E-state index in [0.717, 1.165) is 17.7 Å². The molecule has 0 aliphatic carbocycles. The first-order chi connectivity index (χ1) is 11.4. The zero-order chi connectivity index (χ0) is 17.6. The number of thiophene rings is 1. The fourth-order valence-electron chi connectivity index (χ4n) is 1.92. The number of aliphatic hydroxyl groups excluding tert-OH is 1. The molecule has 0 fully saturated rings. The van der Waals surface area contributed by atoms with Gasteiger partial charge in [-0.05, 0) is 50.1 Å². The van der Waals surface area contributed by atoms with Crippen LogP contribution in [0.3, 0.4) is 0 Å². The van der Waals surface area contributed by atoms with Gasteiger partial charge in [0.2, 0.25) is 0 Å². The van der Waals surface area contributed by atoms with Gasteiger partial charge in [-0.25, -0.2) is 0 Å². The second-order valence-electron chi connectivity index (χ2n) is 5.77. The number of rotatable bonds is 6. The van der Waals surface area contributed by atoms with Crippen LogP contribution < -0.4 is 10.5 Å². The second-order valence-corrected chi connectivity index (χ2v) is 7.81. The van der Waals surface area contributed by atoms with Crippen LogP contribution in [0.1, 0.15) is 23.1 Å². The Balaban J connectivity index is 1.85. The number of halogens is 2. The summed E-state index contributed by atoms with van der Waals surface area (Å²) in [5.74, 6) is 6.64. The van der Waals surface area contributed by atoms with Gasteiger partial charge in [-0.1, -0.05) is 35.0 Å². The van der Waals surface area contributed by atoms with E-state index in [4.69, 9.17) is 33.7 Å². The van der Waals surface area contributed by atoms with Crippen molar-refractivity contribution in [1.82, 2.24) is 0 Å². The summed E-state index contributed by atoms with van der Waals surface area (Å²) in [6, 6.07) is 9.07. The Morgan fingerprint density at radius 1 is 1.25 bits per heavy atom. The monoisotopic (exact) mass is 383 g/mol.